The standard InChI is InChI=1S/C14H22N4O2S/c1-4-7-13-15-11(10-21-13)8-18-9-12(16-17-18)14(19-5-2)20-6-3/h9-10,14H,4-8H2,1-3H3. The molecule has 0 saturated carbocycles. The first kappa shape index (κ1) is 16.1. The predicted octanol–water partition coefficient (Wildman–Crippen LogP) is 2.81. The SMILES string of the molecule is CCCc1nc(Cn2cc(C(OCC)OCC)nn2)cs1. The summed E-state index contributed by atoms with van der Waals surface area (Å²) in [4.78, 5) is 4.59. The Hall–Kier alpha value is -1.31. The third-order valence-electron chi connectivity index (χ3n) is 2.82. The molecule has 2 rings (SSSR count). The average molecular weight is 310 g/mol. The molecule has 2 aromatic heterocycles. The van der Waals surface area contributed by atoms with Crippen LogP contribution in [0.1, 0.15) is 49.9 Å². The summed E-state index contributed by atoms with van der Waals surface area (Å²) in [6.07, 6.45) is 3.56. The number of ether oxygens (including phenoxy) is 2. The lowest BCUT2D eigenvalue weighted by Crippen LogP contribution is -2.09. The molecule has 0 spiro atoms. The van der Waals surface area contributed by atoms with Crippen LogP contribution in [0.15, 0.2) is 11.6 Å². The van der Waals surface area contributed by atoms with E-state index in [4.69, 9.17) is 9.47 Å². The highest BCUT2D eigenvalue weighted by molar-refractivity contribution is 7.09. The topological polar surface area (TPSA) is 62.1 Å². The van der Waals surface area contributed by atoms with Crippen molar-refractivity contribution in [2.75, 3.05) is 13.2 Å². The molecule has 0 radical (unpaired) electrons. The molecule has 6 nitrogen and oxygen atoms in total. The number of nitrogens with zero attached hydrogens (tertiary/aromatic N) is 4. The van der Waals surface area contributed by atoms with E-state index in [0.29, 0.717) is 25.5 Å². The first-order valence-electron chi connectivity index (χ1n) is 7.33. The Morgan fingerprint density at radius 1 is 1.24 bits per heavy atom. The van der Waals surface area contributed by atoms with Crippen molar-refractivity contribution in [3.8, 4) is 0 Å². The molecule has 2 aromatic rings. The van der Waals surface area contributed by atoms with Crippen molar-refractivity contribution in [3.63, 3.8) is 0 Å². The van der Waals surface area contributed by atoms with E-state index in [1.807, 2.05) is 20.0 Å². The summed E-state index contributed by atoms with van der Waals surface area (Å²) in [5.41, 5.74) is 1.71. The summed E-state index contributed by atoms with van der Waals surface area (Å²) in [5.74, 6) is 0. The van der Waals surface area contributed by atoms with E-state index in [1.165, 1.54) is 5.01 Å². The van der Waals surface area contributed by atoms with Crippen LogP contribution in [0.3, 0.4) is 0 Å². The van der Waals surface area contributed by atoms with Crippen molar-refractivity contribution >= 4 is 11.3 Å². The fraction of sp³-hybridized carbons (Fsp3) is 0.643. The fourth-order valence-corrected chi connectivity index (χ4v) is 2.83. The quantitative estimate of drug-likeness (QED) is 0.666. The van der Waals surface area contributed by atoms with Crippen molar-refractivity contribution < 1.29 is 9.47 Å². The summed E-state index contributed by atoms with van der Waals surface area (Å²) in [5, 5.41) is 11.5. The van der Waals surface area contributed by atoms with Crippen LogP contribution < -0.4 is 0 Å². The molecule has 116 valence electrons. The maximum absolute atomic E-state index is 5.52. The number of hydrogen-bond donors (Lipinski definition) is 0. The number of aryl methyl sites for hydroxylation is 1. The maximum Gasteiger partial charge on any atom is 0.204 e. The Morgan fingerprint density at radius 3 is 2.67 bits per heavy atom. The summed E-state index contributed by atoms with van der Waals surface area (Å²) in [6.45, 7) is 7.79. The van der Waals surface area contributed by atoms with Gasteiger partial charge >= 0.3 is 0 Å². The Labute approximate surface area is 129 Å². The monoisotopic (exact) mass is 310 g/mol. The van der Waals surface area contributed by atoms with Crippen molar-refractivity contribution in [1.29, 1.82) is 0 Å². The number of aromatic nitrogens is 4. The first-order valence-corrected chi connectivity index (χ1v) is 8.21. The van der Waals surface area contributed by atoms with Gasteiger partial charge in [-0.3, -0.25) is 0 Å². The van der Waals surface area contributed by atoms with Crippen LogP contribution in [-0.2, 0) is 22.4 Å². The molecular formula is C14H22N4O2S. The normalized spacial score (nSPS) is 11.4. The van der Waals surface area contributed by atoms with Crippen LogP contribution in [0.4, 0.5) is 0 Å². The lowest BCUT2D eigenvalue weighted by Gasteiger charge is -2.13. The molecule has 0 bridgehead atoms. The number of thiazole rings is 1. The van der Waals surface area contributed by atoms with E-state index in [2.05, 4.69) is 27.6 Å². The molecule has 0 amide bonds. The van der Waals surface area contributed by atoms with Gasteiger partial charge in [-0.2, -0.15) is 0 Å². The maximum atomic E-state index is 5.52. The van der Waals surface area contributed by atoms with E-state index >= 15 is 0 Å². The zero-order valence-corrected chi connectivity index (χ0v) is 13.6. The Morgan fingerprint density at radius 2 is 2.00 bits per heavy atom. The molecule has 0 aliphatic heterocycles. The largest absolute Gasteiger partial charge is 0.347 e. The Balaban J connectivity index is 2.00. The van der Waals surface area contributed by atoms with Gasteiger partial charge in [-0.25, -0.2) is 9.67 Å². The van der Waals surface area contributed by atoms with Crippen LogP contribution >= 0.6 is 11.3 Å². The fourth-order valence-electron chi connectivity index (χ4n) is 1.94. The molecule has 0 N–H and O–H groups in total. The summed E-state index contributed by atoms with van der Waals surface area (Å²) in [7, 11) is 0. The predicted molar refractivity (Wildman–Crippen MR) is 81.2 cm³/mol. The van der Waals surface area contributed by atoms with E-state index in [-0.39, 0.29) is 0 Å². The van der Waals surface area contributed by atoms with Gasteiger partial charge in [0.25, 0.3) is 0 Å². The second-order valence-corrected chi connectivity index (χ2v) is 5.51. The summed E-state index contributed by atoms with van der Waals surface area (Å²) in [6, 6.07) is 0. The molecule has 7 heteroatoms. The van der Waals surface area contributed by atoms with Gasteiger partial charge in [0, 0.05) is 18.6 Å². The number of hydrogen-bond acceptors (Lipinski definition) is 6. The van der Waals surface area contributed by atoms with Crippen molar-refractivity contribution in [2.24, 2.45) is 0 Å². The Kier molecular flexibility index (Phi) is 6.28. The summed E-state index contributed by atoms with van der Waals surface area (Å²) < 4.78 is 12.8. The molecule has 0 aliphatic rings. The van der Waals surface area contributed by atoms with Gasteiger partial charge < -0.3 is 9.47 Å². The van der Waals surface area contributed by atoms with Crippen molar-refractivity contribution in [2.45, 2.75) is 46.4 Å². The van der Waals surface area contributed by atoms with Gasteiger partial charge in [-0.1, -0.05) is 12.1 Å². The van der Waals surface area contributed by atoms with E-state index in [1.54, 1.807) is 16.0 Å². The molecule has 0 fully saturated rings. The second kappa shape index (κ2) is 8.21. The first-order chi connectivity index (χ1) is 10.3. The van der Waals surface area contributed by atoms with E-state index in [0.717, 1.165) is 18.5 Å². The van der Waals surface area contributed by atoms with Gasteiger partial charge in [-0.15, -0.1) is 16.4 Å². The average Bonchev–Trinajstić information content (AvgIpc) is 3.09. The van der Waals surface area contributed by atoms with E-state index < -0.39 is 6.29 Å². The van der Waals surface area contributed by atoms with Crippen LogP contribution in [0.5, 0.6) is 0 Å². The minimum absolute atomic E-state index is 0.445. The number of rotatable bonds is 9. The zero-order chi connectivity index (χ0) is 15.1. The molecule has 2 heterocycles. The molecule has 0 aliphatic carbocycles. The zero-order valence-electron chi connectivity index (χ0n) is 12.8. The van der Waals surface area contributed by atoms with E-state index in [9.17, 15) is 0 Å². The van der Waals surface area contributed by atoms with Gasteiger partial charge in [0.05, 0.1) is 23.4 Å². The molecule has 21 heavy (non-hydrogen) atoms. The van der Waals surface area contributed by atoms with Gasteiger partial charge in [0.15, 0.2) is 0 Å². The minimum atomic E-state index is -0.445. The van der Waals surface area contributed by atoms with Crippen LogP contribution in [0.2, 0.25) is 0 Å². The third-order valence-corrected chi connectivity index (χ3v) is 3.78. The third kappa shape index (κ3) is 4.59. The lowest BCUT2D eigenvalue weighted by molar-refractivity contribution is -0.142. The Bertz CT molecular complexity index is 535. The van der Waals surface area contributed by atoms with Crippen LogP contribution in [0, 0.1) is 0 Å². The van der Waals surface area contributed by atoms with Crippen molar-refractivity contribution in [3.05, 3.63) is 28.0 Å². The summed E-state index contributed by atoms with van der Waals surface area (Å²) >= 11 is 1.70. The van der Waals surface area contributed by atoms with Gasteiger partial charge in [0.1, 0.15) is 5.69 Å². The second-order valence-electron chi connectivity index (χ2n) is 4.57. The van der Waals surface area contributed by atoms with Crippen molar-refractivity contribution in [1.82, 2.24) is 20.0 Å². The highest BCUT2D eigenvalue weighted by Crippen LogP contribution is 2.17. The molecule has 0 unspecified atom stereocenters. The minimum Gasteiger partial charge on any atom is -0.347 e. The highest BCUT2D eigenvalue weighted by atomic mass is 32.1. The molecule has 0 aromatic carbocycles. The molecular weight excluding hydrogens is 288 g/mol. The molecule has 0 atom stereocenters. The smallest absolute Gasteiger partial charge is 0.204 e. The highest BCUT2D eigenvalue weighted by Gasteiger charge is 2.16. The van der Waals surface area contributed by atoms with Crippen LogP contribution in [0.25, 0.3) is 0 Å². The lowest BCUT2D eigenvalue weighted by atomic mass is 10.3. The molecule has 0 saturated heterocycles. The van der Waals surface area contributed by atoms with Crippen LogP contribution in [-0.4, -0.2) is 33.2 Å². The van der Waals surface area contributed by atoms with Gasteiger partial charge in [-0.05, 0) is 26.7 Å². The van der Waals surface area contributed by atoms with Gasteiger partial charge in [0.2, 0.25) is 6.29 Å².